The zero-order valence-corrected chi connectivity index (χ0v) is 27.8. The summed E-state index contributed by atoms with van der Waals surface area (Å²) >= 11 is 0. The maximum atomic E-state index is 12.3. The van der Waals surface area contributed by atoms with Gasteiger partial charge in [0.1, 0.15) is 0 Å². The van der Waals surface area contributed by atoms with Crippen molar-refractivity contribution in [2.75, 3.05) is 18.6 Å². The molecule has 0 saturated carbocycles. The predicted molar refractivity (Wildman–Crippen MR) is 108 cm³/mol. The third-order valence-electron chi connectivity index (χ3n) is 5.15. The average molecular weight is 525 g/mol. The van der Waals surface area contributed by atoms with Gasteiger partial charge in [-0.3, -0.25) is 14.5 Å². The standard InChI is InChI=1S/C20H31NO7P2.3Na/c22-19-17-12-8-9-13-18(17)20(23)21(19)14-10-6-4-2-1-3-5-7-11-15-29(24,25)16-30(26,27)28;;;/h8-9,12-13H,1-7,10-11,14-16H2,(H,24,25)(H2,26,27,28);;;/q;3*+1/p-3. The Balaban J connectivity index is 0. The van der Waals surface area contributed by atoms with E-state index in [0.29, 0.717) is 30.5 Å². The largest absolute Gasteiger partial charge is 1.00 e. The van der Waals surface area contributed by atoms with Gasteiger partial charge in [0.25, 0.3) is 11.8 Å². The SMILES string of the molecule is O=C1c2ccccc2C(=O)N1CCCCCCCCCCCP(=O)([O-])CP(=O)([O-])[O-].[Na+].[Na+].[Na+]. The third-order valence-corrected chi connectivity index (χ3v) is 9.25. The first-order valence-corrected chi connectivity index (χ1v) is 14.1. The van der Waals surface area contributed by atoms with E-state index in [2.05, 4.69) is 0 Å². The summed E-state index contributed by atoms with van der Waals surface area (Å²) in [5.41, 5.74) is 0.955. The molecule has 2 rings (SSSR count). The molecule has 0 radical (unpaired) electrons. The maximum Gasteiger partial charge on any atom is 1.00 e. The van der Waals surface area contributed by atoms with Gasteiger partial charge < -0.3 is 23.8 Å². The van der Waals surface area contributed by atoms with Gasteiger partial charge in [-0.1, -0.05) is 64.7 Å². The molecule has 33 heavy (non-hydrogen) atoms. The molecule has 0 aromatic heterocycles. The summed E-state index contributed by atoms with van der Waals surface area (Å²) in [4.78, 5) is 58.4. The molecular formula is C20H28NNa3O7P2. The van der Waals surface area contributed by atoms with Crippen LogP contribution in [0.5, 0.6) is 0 Å². The Morgan fingerprint density at radius 2 is 1.06 bits per heavy atom. The summed E-state index contributed by atoms with van der Waals surface area (Å²) in [7, 11) is -9.13. The van der Waals surface area contributed by atoms with E-state index >= 15 is 0 Å². The van der Waals surface area contributed by atoms with Crippen LogP contribution in [0, 0.1) is 0 Å². The van der Waals surface area contributed by atoms with E-state index in [4.69, 9.17) is 0 Å². The minimum Gasteiger partial charge on any atom is -0.810 e. The zero-order valence-electron chi connectivity index (χ0n) is 20.0. The third kappa shape index (κ3) is 13.7. The second-order valence-electron chi connectivity index (χ2n) is 7.78. The van der Waals surface area contributed by atoms with Crippen molar-refractivity contribution in [3.63, 3.8) is 0 Å². The molecule has 168 valence electrons. The Kier molecular flexibility index (Phi) is 20.1. The molecule has 8 nitrogen and oxygen atoms in total. The maximum absolute atomic E-state index is 12.3. The number of fused-ring (bicyclic) bond motifs is 1. The number of nitrogens with zero attached hydrogens (tertiary/aromatic N) is 1. The summed E-state index contributed by atoms with van der Waals surface area (Å²) in [5, 5.41) is 0. The zero-order chi connectivity index (χ0) is 22.2. The van der Waals surface area contributed by atoms with Crippen LogP contribution in [0.4, 0.5) is 0 Å². The Morgan fingerprint density at radius 1 is 0.667 bits per heavy atom. The molecule has 1 aromatic carbocycles. The van der Waals surface area contributed by atoms with E-state index in [9.17, 15) is 33.4 Å². The molecule has 0 N–H and O–H groups in total. The first-order valence-electron chi connectivity index (χ1n) is 10.4. The molecule has 1 unspecified atom stereocenters. The molecule has 0 fully saturated rings. The minimum absolute atomic E-state index is 0. The van der Waals surface area contributed by atoms with E-state index < -0.39 is 20.9 Å². The number of carbonyl (C=O) groups is 2. The van der Waals surface area contributed by atoms with Crippen LogP contribution in [0.25, 0.3) is 0 Å². The first kappa shape index (κ1) is 36.9. The fourth-order valence-electron chi connectivity index (χ4n) is 3.64. The van der Waals surface area contributed by atoms with E-state index in [1.165, 1.54) is 4.90 Å². The first-order chi connectivity index (χ1) is 14.1. The van der Waals surface area contributed by atoms with Gasteiger partial charge >= 0.3 is 88.7 Å². The molecule has 2 amide bonds. The van der Waals surface area contributed by atoms with E-state index in [-0.39, 0.29) is 107 Å². The quantitative estimate of drug-likeness (QED) is 0.102. The number of amides is 2. The van der Waals surface area contributed by atoms with Gasteiger partial charge in [-0.05, 0) is 31.1 Å². The summed E-state index contributed by atoms with van der Waals surface area (Å²) in [6.45, 7) is 0.432. The Hall–Kier alpha value is 1.70. The molecule has 0 aliphatic carbocycles. The number of carbonyl (C=O) groups excluding carboxylic acids is 2. The fraction of sp³-hybridized carbons (Fsp3) is 0.600. The molecular weight excluding hydrogens is 497 g/mol. The number of unbranched alkanes of at least 4 members (excludes halogenated alkanes) is 8. The molecule has 1 aliphatic heterocycles. The second-order valence-corrected chi connectivity index (χ2v) is 12.2. The normalized spacial score (nSPS) is 14.6. The smallest absolute Gasteiger partial charge is 0.810 e. The van der Waals surface area contributed by atoms with Gasteiger partial charge in [0.2, 0.25) is 0 Å². The van der Waals surface area contributed by atoms with E-state index in [0.717, 1.165) is 44.9 Å². The van der Waals surface area contributed by atoms with Crippen molar-refractivity contribution in [2.24, 2.45) is 0 Å². The molecule has 0 bridgehead atoms. The topological polar surface area (TPSA) is 141 Å². The van der Waals surface area contributed by atoms with Crippen LogP contribution in [0.15, 0.2) is 24.3 Å². The molecule has 1 atom stereocenters. The van der Waals surface area contributed by atoms with Gasteiger partial charge in [-0.25, -0.2) is 0 Å². The van der Waals surface area contributed by atoms with Gasteiger partial charge in [0, 0.05) is 19.8 Å². The number of rotatable bonds is 14. The van der Waals surface area contributed by atoms with Crippen molar-refractivity contribution < 1.29 is 122 Å². The van der Waals surface area contributed by atoms with Crippen molar-refractivity contribution in [1.82, 2.24) is 4.90 Å². The van der Waals surface area contributed by atoms with Crippen LogP contribution in [-0.4, -0.2) is 35.3 Å². The van der Waals surface area contributed by atoms with Gasteiger partial charge in [-0.15, -0.1) is 0 Å². The average Bonchev–Trinajstić information content (AvgIpc) is 2.89. The number of imide groups is 1. The molecule has 1 aromatic rings. The summed E-state index contributed by atoms with van der Waals surface area (Å²) in [5.74, 6) is -1.70. The van der Waals surface area contributed by atoms with Crippen molar-refractivity contribution in [3.8, 4) is 0 Å². The summed E-state index contributed by atoms with van der Waals surface area (Å²) in [6, 6.07) is 6.86. The molecule has 1 heterocycles. The predicted octanol–water partition coefficient (Wildman–Crippen LogP) is -6.68. The van der Waals surface area contributed by atoms with E-state index in [1.807, 2.05) is 0 Å². The summed E-state index contributed by atoms with van der Waals surface area (Å²) in [6.07, 6.45) is 7.39. The number of hydrogen-bond acceptors (Lipinski definition) is 7. The number of benzene rings is 1. The van der Waals surface area contributed by atoms with Gasteiger partial charge in [-0.2, -0.15) is 0 Å². The molecule has 13 heteroatoms. The van der Waals surface area contributed by atoms with Gasteiger partial charge in [0.05, 0.1) is 11.1 Å². The number of hydrogen-bond donors (Lipinski definition) is 0. The Morgan fingerprint density at radius 3 is 1.48 bits per heavy atom. The minimum atomic E-state index is -5.01. The van der Waals surface area contributed by atoms with Crippen molar-refractivity contribution in [1.29, 1.82) is 0 Å². The van der Waals surface area contributed by atoms with Crippen LogP contribution in [0.1, 0.15) is 78.5 Å². The van der Waals surface area contributed by atoms with Crippen LogP contribution < -0.4 is 103 Å². The van der Waals surface area contributed by atoms with Crippen molar-refractivity contribution in [3.05, 3.63) is 35.4 Å². The van der Waals surface area contributed by atoms with Crippen LogP contribution >= 0.6 is 15.0 Å². The Labute approximate surface area is 262 Å². The monoisotopic (exact) mass is 525 g/mol. The van der Waals surface area contributed by atoms with Crippen LogP contribution in [0.3, 0.4) is 0 Å². The molecule has 1 aliphatic rings. The van der Waals surface area contributed by atoms with Gasteiger partial charge in [0.15, 0.2) is 0 Å². The van der Waals surface area contributed by atoms with Crippen molar-refractivity contribution in [2.45, 2.75) is 57.8 Å². The second kappa shape index (κ2) is 18.0. The van der Waals surface area contributed by atoms with Crippen LogP contribution in [-0.2, 0) is 9.13 Å². The van der Waals surface area contributed by atoms with Crippen LogP contribution in [0.2, 0.25) is 0 Å². The molecule has 0 saturated heterocycles. The molecule has 0 spiro atoms. The van der Waals surface area contributed by atoms with Crippen molar-refractivity contribution >= 4 is 26.8 Å². The fourth-order valence-corrected chi connectivity index (χ4v) is 7.02. The van der Waals surface area contributed by atoms with E-state index in [1.54, 1.807) is 24.3 Å². The summed E-state index contributed by atoms with van der Waals surface area (Å²) < 4.78 is 22.0. The Bertz CT molecular complexity index is 816.